The summed E-state index contributed by atoms with van der Waals surface area (Å²) in [5, 5.41) is 0. The Kier molecular flexibility index (Phi) is 7.00. The zero-order valence-corrected chi connectivity index (χ0v) is 16.6. The van der Waals surface area contributed by atoms with Gasteiger partial charge in [-0.2, -0.15) is 8.78 Å². The lowest BCUT2D eigenvalue weighted by Crippen LogP contribution is -2.38. The number of hydrogen-bond donors (Lipinski definition) is 0. The molecule has 0 aromatic heterocycles. The smallest absolute Gasteiger partial charge is 0.317 e. The fraction of sp³-hybridized carbons (Fsp3) is 0.913. The van der Waals surface area contributed by atoms with E-state index in [2.05, 4.69) is 25.7 Å². The van der Waals surface area contributed by atoms with Gasteiger partial charge in [0.25, 0.3) is 0 Å². The van der Waals surface area contributed by atoms with Crippen LogP contribution < -0.4 is 0 Å². The summed E-state index contributed by atoms with van der Waals surface area (Å²) in [7, 11) is 0. The van der Waals surface area contributed by atoms with E-state index < -0.39 is 12.0 Å². The average molecular weight is 367 g/mol. The molecule has 3 rings (SSSR count). The van der Waals surface area contributed by atoms with Crippen LogP contribution in [0.25, 0.3) is 0 Å². The van der Waals surface area contributed by atoms with Crippen molar-refractivity contribution in [1.82, 2.24) is 0 Å². The molecule has 3 heteroatoms. The third kappa shape index (κ3) is 5.69. The van der Waals surface area contributed by atoms with Crippen molar-refractivity contribution >= 4 is 0 Å². The predicted molar refractivity (Wildman–Crippen MR) is 102 cm³/mol. The van der Waals surface area contributed by atoms with Gasteiger partial charge in [0.1, 0.15) is 0 Å². The molecule has 0 aliphatic heterocycles. The quantitative estimate of drug-likeness (QED) is 0.498. The predicted octanol–water partition coefficient (Wildman–Crippen LogP) is 6.81. The summed E-state index contributed by atoms with van der Waals surface area (Å²) in [5.74, 6) is 8.64. The van der Waals surface area contributed by atoms with Gasteiger partial charge >= 0.3 is 6.11 Å². The maximum Gasteiger partial charge on any atom is 0.358 e. The second-order valence-electron chi connectivity index (χ2n) is 9.36. The molecule has 3 fully saturated rings. The zero-order chi connectivity index (χ0) is 18.6. The molecule has 3 saturated carbocycles. The Morgan fingerprint density at radius 1 is 0.654 bits per heavy atom. The third-order valence-electron chi connectivity index (χ3n) is 7.00. The van der Waals surface area contributed by atoms with Crippen LogP contribution in [0.15, 0.2) is 0 Å². The van der Waals surface area contributed by atoms with Gasteiger partial charge < -0.3 is 4.74 Å². The maximum atomic E-state index is 14.6. The van der Waals surface area contributed by atoms with Crippen molar-refractivity contribution in [2.24, 2.45) is 29.6 Å². The molecule has 26 heavy (non-hydrogen) atoms. The van der Waals surface area contributed by atoms with Crippen molar-refractivity contribution in [3.8, 4) is 11.8 Å². The highest BCUT2D eigenvalue weighted by Gasteiger charge is 2.44. The topological polar surface area (TPSA) is 9.23 Å². The molecule has 0 unspecified atom stereocenters. The van der Waals surface area contributed by atoms with Crippen molar-refractivity contribution in [3.05, 3.63) is 0 Å². The monoisotopic (exact) mass is 366 g/mol. The Hall–Kier alpha value is -0.620. The second kappa shape index (κ2) is 9.05. The highest BCUT2D eigenvalue weighted by atomic mass is 19.3. The number of rotatable bonds is 3. The average Bonchev–Trinajstić information content (AvgIpc) is 2.63. The molecule has 0 amide bonds. The van der Waals surface area contributed by atoms with Crippen LogP contribution in [0.2, 0.25) is 0 Å². The first-order valence-electron chi connectivity index (χ1n) is 11.0. The Bertz CT molecular complexity index is 482. The molecule has 0 aromatic rings. The molecule has 3 aliphatic rings. The van der Waals surface area contributed by atoms with Crippen molar-refractivity contribution in [2.45, 2.75) is 103 Å². The number of halogens is 2. The zero-order valence-electron chi connectivity index (χ0n) is 16.6. The molecular formula is C23H36F2O. The lowest BCUT2D eigenvalue weighted by atomic mass is 9.80. The van der Waals surface area contributed by atoms with E-state index in [0.29, 0.717) is 30.6 Å². The number of alkyl halides is 2. The summed E-state index contributed by atoms with van der Waals surface area (Å²) in [4.78, 5) is 0. The van der Waals surface area contributed by atoms with E-state index in [1.165, 1.54) is 25.7 Å². The molecule has 0 spiro atoms. The molecule has 0 N–H and O–H groups in total. The fourth-order valence-electron chi connectivity index (χ4n) is 4.88. The lowest BCUT2D eigenvalue weighted by Gasteiger charge is -2.35. The highest BCUT2D eigenvalue weighted by molar-refractivity contribution is 5.09. The first-order chi connectivity index (χ1) is 12.4. The minimum Gasteiger partial charge on any atom is -0.317 e. The van der Waals surface area contributed by atoms with Gasteiger partial charge in [0, 0.05) is 11.8 Å². The molecule has 0 radical (unpaired) electrons. The summed E-state index contributed by atoms with van der Waals surface area (Å²) in [5.41, 5.74) is 0. The third-order valence-corrected chi connectivity index (χ3v) is 7.00. The van der Waals surface area contributed by atoms with Crippen LogP contribution in [0.3, 0.4) is 0 Å². The first-order valence-corrected chi connectivity index (χ1v) is 11.0. The van der Waals surface area contributed by atoms with E-state index in [0.717, 1.165) is 44.4 Å². The van der Waals surface area contributed by atoms with Crippen LogP contribution in [0, 0.1) is 41.4 Å². The van der Waals surface area contributed by atoms with Crippen molar-refractivity contribution in [2.75, 3.05) is 0 Å². The standard InChI is InChI=1S/C23H36F2O/c1-17-3-7-19(8-4-17)9-10-20-11-13-21(14-12-20)23(24,25)26-22-15-5-18(2)6-16-22/h17-22H,3-8,11-16H2,1-2H3. The van der Waals surface area contributed by atoms with Crippen molar-refractivity contribution < 1.29 is 13.5 Å². The normalized spacial score (nSPS) is 39.1. The van der Waals surface area contributed by atoms with Gasteiger partial charge in [-0.1, -0.05) is 25.7 Å². The summed E-state index contributed by atoms with van der Waals surface area (Å²) in [6.07, 6.45) is 8.14. The van der Waals surface area contributed by atoms with Gasteiger partial charge in [0.15, 0.2) is 0 Å². The minimum atomic E-state index is -2.96. The van der Waals surface area contributed by atoms with Gasteiger partial charge in [0.2, 0.25) is 0 Å². The second-order valence-corrected chi connectivity index (χ2v) is 9.36. The molecule has 0 bridgehead atoms. The van der Waals surface area contributed by atoms with Crippen molar-refractivity contribution in [3.63, 3.8) is 0 Å². The van der Waals surface area contributed by atoms with E-state index in [9.17, 15) is 8.78 Å². The van der Waals surface area contributed by atoms with E-state index in [1.54, 1.807) is 0 Å². The minimum absolute atomic E-state index is 0.243. The van der Waals surface area contributed by atoms with Crippen LogP contribution in [0.5, 0.6) is 0 Å². The summed E-state index contributed by atoms with van der Waals surface area (Å²) in [6.45, 7) is 4.52. The van der Waals surface area contributed by atoms with Crippen molar-refractivity contribution in [1.29, 1.82) is 0 Å². The molecule has 148 valence electrons. The molecule has 3 aliphatic carbocycles. The highest BCUT2D eigenvalue weighted by Crippen LogP contribution is 2.41. The number of ether oxygens (including phenoxy) is 1. The van der Waals surface area contributed by atoms with Crippen LogP contribution >= 0.6 is 0 Å². The van der Waals surface area contributed by atoms with E-state index in [1.807, 2.05) is 0 Å². The molecule has 0 heterocycles. The molecular weight excluding hydrogens is 330 g/mol. The van der Waals surface area contributed by atoms with Gasteiger partial charge in [-0.15, -0.1) is 0 Å². The molecule has 0 aromatic carbocycles. The van der Waals surface area contributed by atoms with Gasteiger partial charge in [-0.25, -0.2) is 0 Å². The largest absolute Gasteiger partial charge is 0.358 e. The Morgan fingerprint density at radius 3 is 1.58 bits per heavy atom. The molecule has 0 saturated heterocycles. The Balaban J connectivity index is 1.42. The molecule has 1 nitrogen and oxygen atoms in total. The van der Waals surface area contributed by atoms with Gasteiger partial charge in [0.05, 0.1) is 12.0 Å². The number of hydrogen-bond acceptors (Lipinski definition) is 1. The summed E-state index contributed by atoms with van der Waals surface area (Å²) in [6, 6.07) is 0. The van der Waals surface area contributed by atoms with E-state index in [-0.39, 0.29) is 6.10 Å². The van der Waals surface area contributed by atoms with Crippen LogP contribution in [-0.2, 0) is 4.74 Å². The van der Waals surface area contributed by atoms with E-state index >= 15 is 0 Å². The summed E-state index contributed by atoms with van der Waals surface area (Å²) < 4.78 is 34.4. The maximum absolute atomic E-state index is 14.6. The lowest BCUT2D eigenvalue weighted by molar-refractivity contribution is -0.301. The fourth-order valence-corrected chi connectivity index (χ4v) is 4.88. The SMILES string of the molecule is CC1CCC(C#CC2CCC(C(F)(F)OC3CCC(C)CC3)CC2)CC1. The van der Waals surface area contributed by atoms with E-state index in [4.69, 9.17) is 4.74 Å². The first kappa shape index (κ1) is 20.1. The summed E-state index contributed by atoms with van der Waals surface area (Å²) >= 11 is 0. The Labute approximate surface area is 158 Å². The molecule has 0 atom stereocenters. The van der Waals surface area contributed by atoms with Crippen LogP contribution in [0.4, 0.5) is 8.78 Å². The van der Waals surface area contributed by atoms with Crippen LogP contribution in [-0.4, -0.2) is 12.2 Å². The Morgan fingerprint density at radius 2 is 1.08 bits per heavy atom. The van der Waals surface area contributed by atoms with Gasteiger partial charge in [-0.3, -0.25) is 0 Å². The van der Waals surface area contributed by atoms with Gasteiger partial charge in [-0.05, 0) is 88.9 Å². The van der Waals surface area contributed by atoms with Crippen LogP contribution in [0.1, 0.15) is 90.9 Å².